The van der Waals surface area contributed by atoms with Gasteiger partial charge in [0.15, 0.2) is 6.23 Å². The van der Waals surface area contributed by atoms with Crippen LogP contribution >= 0.6 is 0 Å². The highest BCUT2D eigenvalue weighted by molar-refractivity contribution is 5.99. The number of hydrogen-bond donors (Lipinski definition) is 0. The van der Waals surface area contributed by atoms with Crippen LogP contribution < -0.4 is 9.64 Å². The second-order valence-corrected chi connectivity index (χ2v) is 6.12. The summed E-state index contributed by atoms with van der Waals surface area (Å²) < 4.78 is 6.29. The van der Waals surface area contributed by atoms with Crippen molar-refractivity contribution in [3.05, 3.63) is 72.3 Å². The van der Waals surface area contributed by atoms with Crippen LogP contribution in [0, 0.1) is 0 Å². The van der Waals surface area contributed by atoms with Crippen molar-refractivity contribution in [1.82, 2.24) is 0 Å². The number of anilines is 1. The predicted molar refractivity (Wildman–Crippen MR) is 89.7 cm³/mol. The Bertz CT molecular complexity index is 919. The molecule has 2 heterocycles. The maximum atomic E-state index is 12.5. The third kappa shape index (κ3) is 1.73. The summed E-state index contributed by atoms with van der Waals surface area (Å²) in [7, 11) is 0. The van der Waals surface area contributed by atoms with Crippen molar-refractivity contribution in [2.45, 2.75) is 18.6 Å². The molecule has 1 fully saturated rings. The molecule has 112 valence electrons. The zero-order valence-corrected chi connectivity index (χ0v) is 12.5. The van der Waals surface area contributed by atoms with E-state index in [9.17, 15) is 4.79 Å². The second kappa shape index (κ2) is 4.59. The van der Waals surface area contributed by atoms with Crippen LogP contribution in [0.4, 0.5) is 5.69 Å². The van der Waals surface area contributed by atoms with Crippen LogP contribution in [-0.4, -0.2) is 12.1 Å². The first-order valence-electron chi connectivity index (χ1n) is 7.88. The van der Waals surface area contributed by atoms with Gasteiger partial charge in [0.1, 0.15) is 5.75 Å². The molecule has 2 atom stereocenters. The fourth-order valence-corrected chi connectivity index (χ4v) is 3.79. The van der Waals surface area contributed by atoms with Crippen molar-refractivity contribution in [2.24, 2.45) is 0 Å². The molecule has 2 aliphatic heterocycles. The van der Waals surface area contributed by atoms with E-state index in [1.807, 2.05) is 42.5 Å². The van der Waals surface area contributed by atoms with Crippen LogP contribution in [-0.2, 0) is 4.79 Å². The highest BCUT2D eigenvalue weighted by atomic mass is 16.5. The predicted octanol–water partition coefficient (Wildman–Crippen LogP) is 4.08. The summed E-state index contributed by atoms with van der Waals surface area (Å²) in [5.41, 5.74) is 2.06. The minimum Gasteiger partial charge on any atom is -0.468 e. The van der Waals surface area contributed by atoms with E-state index >= 15 is 0 Å². The molecular weight excluding hydrogens is 286 g/mol. The van der Waals surface area contributed by atoms with Gasteiger partial charge in [-0.2, -0.15) is 0 Å². The first-order chi connectivity index (χ1) is 11.3. The fourth-order valence-electron chi connectivity index (χ4n) is 3.79. The van der Waals surface area contributed by atoms with Gasteiger partial charge in [-0.1, -0.05) is 54.6 Å². The van der Waals surface area contributed by atoms with Gasteiger partial charge >= 0.3 is 0 Å². The van der Waals surface area contributed by atoms with Gasteiger partial charge in [0.25, 0.3) is 0 Å². The molecule has 0 spiro atoms. The Morgan fingerprint density at radius 1 is 0.913 bits per heavy atom. The first-order valence-corrected chi connectivity index (χ1v) is 7.88. The number of benzene rings is 3. The molecule has 0 N–H and O–H groups in total. The van der Waals surface area contributed by atoms with Gasteiger partial charge in [-0.15, -0.1) is 0 Å². The summed E-state index contributed by atoms with van der Waals surface area (Å²) in [6.07, 6.45) is 0.274. The van der Waals surface area contributed by atoms with Crippen molar-refractivity contribution in [3.63, 3.8) is 0 Å². The highest BCUT2D eigenvalue weighted by Crippen LogP contribution is 2.49. The molecule has 0 radical (unpaired) electrons. The van der Waals surface area contributed by atoms with E-state index in [1.165, 1.54) is 5.39 Å². The number of ether oxygens (including phenoxy) is 1. The Morgan fingerprint density at radius 3 is 2.57 bits per heavy atom. The molecule has 3 nitrogen and oxygen atoms in total. The standard InChI is InChI=1S/C20H15NO2/c22-18-12-17-16-11-10-13-6-4-5-9-15(13)19(16)23-20(17)21(18)14-7-2-1-3-8-14/h1-11,17,20H,12H2. The van der Waals surface area contributed by atoms with Crippen LogP contribution in [0.1, 0.15) is 17.9 Å². The molecule has 1 amide bonds. The van der Waals surface area contributed by atoms with Crippen molar-refractivity contribution >= 4 is 22.4 Å². The van der Waals surface area contributed by atoms with E-state index in [2.05, 4.69) is 24.3 Å². The van der Waals surface area contributed by atoms with Crippen molar-refractivity contribution in [3.8, 4) is 5.75 Å². The molecule has 1 saturated heterocycles. The molecule has 5 rings (SSSR count). The quantitative estimate of drug-likeness (QED) is 0.678. The summed E-state index contributed by atoms with van der Waals surface area (Å²) in [5, 5.41) is 2.30. The second-order valence-electron chi connectivity index (χ2n) is 6.12. The van der Waals surface area contributed by atoms with Gasteiger partial charge in [-0.25, -0.2) is 0 Å². The van der Waals surface area contributed by atoms with E-state index in [-0.39, 0.29) is 18.1 Å². The fraction of sp³-hybridized carbons (Fsp3) is 0.150. The molecule has 23 heavy (non-hydrogen) atoms. The molecule has 0 bridgehead atoms. The number of carbonyl (C=O) groups is 1. The molecule has 3 heteroatoms. The Kier molecular flexibility index (Phi) is 2.54. The average Bonchev–Trinajstić information content (AvgIpc) is 3.10. The summed E-state index contributed by atoms with van der Waals surface area (Å²) in [6.45, 7) is 0. The largest absolute Gasteiger partial charge is 0.468 e. The van der Waals surface area contributed by atoms with Crippen LogP contribution in [0.15, 0.2) is 66.7 Å². The molecule has 2 unspecified atom stereocenters. The topological polar surface area (TPSA) is 29.5 Å². The van der Waals surface area contributed by atoms with Gasteiger partial charge in [0, 0.05) is 23.1 Å². The van der Waals surface area contributed by atoms with E-state index in [1.54, 1.807) is 4.90 Å². The van der Waals surface area contributed by atoms with Gasteiger partial charge in [0.2, 0.25) is 5.91 Å². The lowest BCUT2D eigenvalue weighted by Crippen LogP contribution is -2.36. The van der Waals surface area contributed by atoms with E-state index < -0.39 is 0 Å². The number of carbonyl (C=O) groups excluding carboxylic acids is 1. The molecule has 0 saturated carbocycles. The summed E-state index contributed by atoms with van der Waals surface area (Å²) in [5.74, 6) is 1.18. The lowest BCUT2D eigenvalue weighted by atomic mass is 9.95. The molecule has 3 aromatic carbocycles. The lowest BCUT2D eigenvalue weighted by molar-refractivity contribution is -0.117. The van der Waals surface area contributed by atoms with Crippen LogP contribution in [0.3, 0.4) is 0 Å². The minimum atomic E-state index is -0.231. The number of amides is 1. The normalized spacial score (nSPS) is 22.1. The SMILES string of the molecule is O=C1CC2c3ccc4ccccc4c3OC2N1c1ccccc1. The zero-order chi connectivity index (χ0) is 15.4. The maximum absolute atomic E-state index is 12.5. The van der Waals surface area contributed by atoms with Crippen molar-refractivity contribution in [1.29, 1.82) is 0 Å². The summed E-state index contributed by atoms with van der Waals surface area (Å²) in [6, 6.07) is 22.3. The van der Waals surface area contributed by atoms with Gasteiger partial charge in [-0.05, 0) is 17.5 Å². The summed E-state index contributed by atoms with van der Waals surface area (Å²) >= 11 is 0. The third-order valence-electron chi connectivity index (χ3n) is 4.84. The van der Waals surface area contributed by atoms with E-state index in [4.69, 9.17) is 4.74 Å². The Morgan fingerprint density at radius 2 is 1.70 bits per heavy atom. The number of nitrogens with zero attached hydrogens (tertiary/aromatic N) is 1. The Balaban J connectivity index is 1.64. The number of hydrogen-bond acceptors (Lipinski definition) is 2. The number of rotatable bonds is 1. The lowest BCUT2D eigenvalue weighted by Gasteiger charge is -2.23. The number of fused-ring (bicyclic) bond motifs is 5. The minimum absolute atomic E-state index is 0.113. The van der Waals surface area contributed by atoms with Crippen LogP contribution in [0.25, 0.3) is 10.8 Å². The van der Waals surface area contributed by atoms with Gasteiger partial charge in [0.05, 0.1) is 5.92 Å². The van der Waals surface area contributed by atoms with E-state index in [0.29, 0.717) is 6.42 Å². The first kappa shape index (κ1) is 12.7. The van der Waals surface area contributed by atoms with Crippen molar-refractivity contribution < 1.29 is 9.53 Å². The molecular formula is C20H15NO2. The zero-order valence-electron chi connectivity index (χ0n) is 12.5. The highest BCUT2D eigenvalue weighted by Gasteiger charge is 2.48. The van der Waals surface area contributed by atoms with Crippen LogP contribution in [0.5, 0.6) is 5.75 Å². The Labute approximate surface area is 134 Å². The van der Waals surface area contributed by atoms with E-state index in [0.717, 1.165) is 22.4 Å². The van der Waals surface area contributed by atoms with Crippen LogP contribution in [0.2, 0.25) is 0 Å². The smallest absolute Gasteiger partial charge is 0.230 e. The third-order valence-corrected chi connectivity index (χ3v) is 4.84. The monoisotopic (exact) mass is 301 g/mol. The maximum Gasteiger partial charge on any atom is 0.230 e. The molecule has 0 aliphatic carbocycles. The average molecular weight is 301 g/mol. The molecule has 0 aromatic heterocycles. The summed E-state index contributed by atoms with van der Waals surface area (Å²) in [4.78, 5) is 14.3. The molecule has 3 aromatic rings. The Hall–Kier alpha value is -2.81. The number of para-hydroxylation sites is 1. The van der Waals surface area contributed by atoms with Crippen molar-refractivity contribution in [2.75, 3.05) is 4.90 Å². The van der Waals surface area contributed by atoms with Gasteiger partial charge in [-0.3, -0.25) is 9.69 Å². The molecule has 2 aliphatic rings. The van der Waals surface area contributed by atoms with Gasteiger partial charge < -0.3 is 4.74 Å².